The SMILES string of the molecule is O=C(Nc1cc2cnccc2c(Br)c1C(=O)c1cc(F)ccc1Cl)c1cc(F)cc(C(F)(F)F)c1. The van der Waals surface area contributed by atoms with Crippen LogP contribution >= 0.6 is 27.5 Å². The van der Waals surface area contributed by atoms with Gasteiger partial charge < -0.3 is 5.32 Å². The largest absolute Gasteiger partial charge is 0.416 e. The van der Waals surface area contributed by atoms with E-state index in [2.05, 4.69) is 26.2 Å². The van der Waals surface area contributed by atoms with Gasteiger partial charge in [0.05, 0.1) is 21.8 Å². The van der Waals surface area contributed by atoms with Crippen LogP contribution in [0.2, 0.25) is 5.02 Å². The Kier molecular flexibility index (Phi) is 6.61. The topological polar surface area (TPSA) is 59.1 Å². The van der Waals surface area contributed by atoms with Crippen LogP contribution in [0, 0.1) is 11.6 Å². The first kappa shape index (κ1) is 24.7. The Balaban J connectivity index is 1.86. The molecule has 1 amide bonds. The normalized spacial score (nSPS) is 11.5. The summed E-state index contributed by atoms with van der Waals surface area (Å²) in [5.41, 5.74) is -2.46. The molecule has 0 bridgehead atoms. The van der Waals surface area contributed by atoms with E-state index in [9.17, 15) is 31.5 Å². The maximum atomic E-state index is 13.9. The molecule has 1 heterocycles. The Morgan fingerprint density at radius 2 is 1.71 bits per heavy atom. The van der Waals surface area contributed by atoms with Crippen LogP contribution in [0.3, 0.4) is 0 Å². The van der Waals surface area contributed by atoms with Crippen molar-refractivity contribution >= 4 is 55.7 Å². The molecule has 4 nitrogen and oxygen atoms in total. The second-order valence-corrected chi connectivity index (χ2v) is 8.54. The predicted octanol–water partition coefficient (Wildman–Crippen LogP) is 7.43. The molecule has 35 heavy (non-hydrogen) atoms. The molecule has 178 valence electrons. The van der Waals surface area contributed by atoms with E-state index in [0.29, 0.717) is 22.9 Å². The number of carbonyl (C=O) groups is 2. The first-order valence-corrected chi connectivity index (χ1v) is 10.9. The summed E-state index contributed by atoms with van der Waals surface area (Å²) >= 11 is 9.42. The quantitative estimate of drug-likeness (QED) is 0.205. The predicted molar refractivity (Wildman–Crippen MR) is 124 cm³/mol. The van der Waals surface area contributed by atoms with Gasteiger partial charge in [0.1, 0.15) is 11.6 Å². The van der Waals surface area contributed by atoms with Gasteiger partial charge in [0, 0.05) is 33.4 Å². The first-order valence-electron chi connectivity index (χ1n) is 9.71. The van der Waals surface area contributed by atoms with E-state index in [1.807, 2.05) is 0 Å². The molecular formula is C24H11BrClF5N2O2. The fraction of sp³-hybridized carbons (Fsp3) is 0.0417. The summed E-state index contributed by atoms with van der Waals surface area (Å²) in [6.45, 7) is 0. The lowest BCUT2D eigenvalue weighted by Gasteiger charge is -2.16. The van der Waals surface area contributed by atoms with Gasteiger partial charge in [0.2, 0.25) is 0 Å². The number of fused-ring (bicyclic) bond motifs is 1. The number of amides is 1. The van der Waals surface area contributed by atoms with Crippen molar-refractivity contribution in [2.75, 3.05) is 5.32 Å². The second kappa shape index (κ2) is 9.35. The Morgan fingerprint density at radius 3 is 2.43 bits per heavy atom. The molecule has 0 aliphatic rings. The van der Waals surface area contributed by atoms with E-state index >= 15 is 0 Å². The molecule has 0 saturated carbocycles. The van der Waals surface area contributed by atoms with Gasteiger partial charge in [-0.05, 0) is 69.8 Å². The smallest absolute Gasteiger partial charge is 0.321 e. The van der Waals surface area contributed by atoms with Gasteiger partial charge in [-0.2, -0.15) is 13.2 Å². The average molecular weight is 570 g/mol. The number of anilines is 1. The van der Waals surface area contributed by atoms with Crippen LogP contribution < -0.4 is 5.32 Å². The number of hydrogen-bond acceptors (Lipinski definition) is 3. The maximum Gasteiger partial charge on any atom is 0.416 e. The number of nitrogens with one attached hydrogen (secondary N) is 1. The lowest BCUT2D eigenvalue weighted by Crippen LogP contribution is -2.17. The minimum atomic E-state index is -4.88. The summed E-state index contributed by atoms with van der Waals surface area (Å²) in [6.07, 6.45) is -1.99. The number of aromatic nitrogens is 1. The standard InChI is InChI=1S/C24H11BrClF5N2O2/c25-21-16-3-4-32-10-12(16)7-19(20(21)22(34)17-9-14(27)1-2-18(17)26)33-23(35)11-5-13(24(29,30)31)8-15(28)6-11/h1-10H,(H,33,35). The van der Waals surface area contributed by atoms with Gasteiger partial charge in [-0.25, -0.2) is 8.78 Å². The van der Waals surface area contributed by atoms with Crippen molar-refractivity contribution in [1.29, 1.82) is 0 Å². The highest BCUT2D eigenvalue weighted by atomic mass is 79.9. The van der Waals surface area contributed by atoms with E-state index < -0.39 is 40.6 Å². The molecule has 0 aliphatic carbocycles. The van der Waals surface area contributed by atoms with Crippen molar-refractivity contribution in [1.82, 2.24) is 4.98 Å². The van der Waals surface area contributed by atoms with Gasteiger partial charge >= 0.3 is 6.18 Å². The van der Waals surface area contributed by atoms with Gasteiger partial charge in [-0.1, -0.05) is 11.6 Å². The van der Waals surface area contributed by atoms with Gasteiger partial charge in [-0.15, -0.1) is 0 Å². The third kappa shape index (κ3) is 5.03. The number of pyridine rings is 1. The molecule has 4 rings (SSSR count). The Hall–Kier alpha value is -3.37. The van der Waals surface area contributed by atoms with Crippen LogP contribution in [-0.2, 0) is 6.18 Å². The monoisotopic (exact) mass is 568 g/mol. The minimum Gasteiger partial charge on any atom is -0.321 e. The van der Waals surface area contributed by atoms with Crippen LogP contribution in [0.4, 0.5) is 27.6 Å². The zero-order valence-electron chi connectivity index (χ0n) is 17.2. The molecule has 0 aliphatic heterocycles. The molecule has 0 atom stereocenters. The van der Waals surface area contributed by atoms with E-state index in [1.165, 1.54) is 24.5 Å². The van der Waals surface area contributed by atoms with E-state index in [0.717, 1.165) is 12.1 Å². The van der Waals surface area contributed by atoms with Crippen molar-refractivity contribution in [3.8, 4) is 0 Å². The van der Waals surface area contributed by atoms with Crippen molar-refractivity contribution in [2.24, 2.45) is 0 Å². The first-order chi connectivity index (χ1) is 16.5. The van der Waals surface area contributed by atoms with Gasteiger partial charge in [-0.3, -0.25) is 14.6 Å². The molecule has 3 aromatic carbocycles. The Morgan fingerprint density at radius 1 is 0.971 bits per heavy atom. The number of nitrogens with zero attached hydrogens (tertiary/aromatic N) is 1. The molecule has 4 aromatic rings. The molecule has 0 unspecified atom stereocenters. The molecule has 11 heteroatoms. The number of rotatable bonds is 4. The van der Waals surface area contributed by atoms with Crippen molar-refractivity contribution < 1.29 is 31.5 Å². The lowest BCUT2D eigenvalue weighted by molar-refractivity contribution is -0.137. The zero-order valence-corrected chi connectivity index (χ0v) is 19.5. The number of benzene rings is 3. The minimum absolute atomic E-state index is 0.0599. The summed E-state index contributed by atoms with van der Waals surface area (Å²) in [4.78, 5) is 30.2. The number of hydrogen-bond donors (Lipinski definition) is 1. The van der Waals surface area contributed by atoms with Crippen LogP contribution in [-0.4, -0.2) is 16.7 Å². The van der Waals surface area contributed by atoms with E-state index in [4.69, 9.17) is 11.6 Å². The molecule has 0 radical (unpaired) electrons. The summed E-state index contributed by atoms with van der Waals surface area (Å²) in [6, 6.07) is 7.50. The van der Waals surface area contributed by atoms with E-state index in [-0.39, 0.29) is 32.4 Å². The summed E-state index contributed by atoms with van der Waals surface area (Å²) < 4.78 is 67.2. The fourth-order valence-corrected chi connectivity index (χ4v) is 4.37. The number of halogens is 7. The Bertz CT molecular complexity index is 1510. The summed E-state index contributed by atoms with van der Waals surface area (Å²) in [5.74, 6) is -3.88. The summed E-state index contributed by atoms with van der Waals surface area (Å²) in [5, 5.41) is 3.28. The second-order valence-electron chi connectivity index (χ2n) is 7.34. The number of ketones is 1. The van der Waals surface area contributed by atoms with Crippen molar-refractivity contribution in [3.05, 3.63) is 104 Å². The van der Waals surface area contributed by atoms with Crippen LogP contribution in [0.5, 0.6) is 0 Å². The molecule has 0 saturated heterocycles. The summed E-state index contributed by atoms with van der Waals surface area (Å²) in [7, 11) is 0. The molecule has 1 aromatic heterocycles. The van der Waals surface area contributed by atoms with Crippen LogP contribution in [0.15, 0.2) is 65.4 Å². The molecule has 0 spiro atoms. The van der Waals surface area contributed by atoms with Crippen molar-refractivity contribution in [3.63, 3.8) is 0 Å². The highest BCUT2D eigenvalue weighted by Gasteiger charge is 2.32. The molecule has 1 N–H and O–H groups in total. The van der Waals surface area contributed by atoms with Crippen molar-refractivity contribution in [2.45, 2.75) is 6.18 Å². The average Bonchev–Trinajstić information content (AvgIpc) is 2.79. The molecular weight excluding hydrogens is 559 g/mol. The van der Waals surface area contributed by atoms with Gasteiger partial charge in [0.15, 0.2) is 5.78 Å². The molecule has 0 fully saturated rings. The third-order valence-electron chi connectivity index (χ3n) is 5.01. The fourth-order valence-electron chi connectivity index (χ4n) is 3.41. The van der Waals surface area contributed by atoms with Gasteiger partial charge in [0.25, 0.3) is 5.91 Å². The highest BCUT2D eigenvalue weighted by Crippen LogP contribution is 2.37. The zero-order chi connectivity index (χ0) is 25.5. The highest BCUT2D eigenvalue weighted by molar-refractivity contribution is 9.10. The van der Waals surface area contributed by atoms with Crippen LogP contribution in [0.1, 0.15) is 31.8 Å². The third-order valence-corrected chi connectivity index (χ3v) is 6.17. The number of carbonyl (C=O) groups excluding carboxylic acids is 2. The van der Waals surface area contributed by atoms with E-state index in [1.54, 1.807) is 6.07 Å². The lowest BCUT2D eigenvalue weighted by atomic mass is 9.98. The Labute approximate surface area is 207 Å². The maximum absolute atomic E-state index is 13.9. The number of alkyl halides is 3. The van der Waals surface area contributed by atoms with Crippen LogP contribution in [0.25, 0.3) is 10.8 Å².